The minimum Gasteiger partial charge on any atom is -0.480 e. The molecule has 0 radical (unpaired) electrons. The second-order valence-electron chi connectivity index (χ2n) is 4.74. The molecule has 1 atom stereocenters. The molecule has 1 aromatic rings. The Kier molecular flexibility index (Phi) is 5.55. The van der Waals surface area contributed by atoms with Crippen molar-refractivity contribution < 1.29 is 18.3 Å². The minimum atomic E-state index is -3.51. The first-order chi connectivity index (χ1) is 9.16. The van der Waals surface area contributed by atoms with Crippen molar-refractivity contribution >= 4 is 27.8 Å². The third-order valence-corrected chi connectivity index (χ3v) is 5.87. The lowest BCUT2D eigenvalue weighted by Gasteiger charge is -2.15. The molecule has 112 valence electrons. The molecule has 0 spiro atoms. The Morgan fingerprint density at radius 2 is 1.95 bits per heavy atom. The molecule has 1 heterocycles. The van der Waals surface area contributed by atoms with Gasteiger partial charge in [-0.2, -0.15) is 0 Å². The van der Waals surface area contributed by atoms with Crippen LogP contribution in [0, 0.1) is 5.92 Å². The largest absolute Gasteiger partial charge is 0.480 e. The second-order valence-corrected chi connectivity index (χ2v) is 8.05. The van der Waals surface area contributed by atoms with Crippen LogP contribution in [0.15, 0.2) is 28.3 Å². The number of hydrogen-bond donors (Lipinski definition) is 1. The van der Waals surface area contributed by atoms with E-state index < -0.39 is 21.2 Å². The third-order valence-electron chi connectivity index (χ3n) is 2.58. The Labute approximate surface area is 123 Å². The predicted molar refractivity (Wildman–Crippen MR) is 77.2 cm³/mol. The van der Waals surface area contributed by atoms with Gasteiger partial charge in [0.15, 0.2) is 0 Å². The van der Waals surface area contributed by atoms with Crippen LogP contribution in [-0.4, -0.2) is 48.1 Å². The normalized spacial score (nSPS) is 13.7. The maximum absolute atomic E-state index is 11.9. The van der Waals surface area contributed by atoms with Gasteiger partial charge in [-0.25, -0.2) is 17.7 Å². The van der Waals surface area contributed by atoms with Crippen LogP contribution in [0.1, 0.15) is 13.8 Å². The van der Waals surface area contributed by atoms with E-state index in [1.165, 1.54) is 32.4 Å². The highest BCUT2D eigenvalue weighted by Gasteiger charge is 2.24. The molecule has 1 N–H and O–H groups in total. The van der Waals surface area contributed by atoms with Gasteiger partial charge in [0.25, 0.3) is 0 Å². The average Bonchev–Trinajstić information content (AvgIpc) is 2.35. The van der Waals surface area contributed by atoms with Crippen molar-refractivity contribution in [2.75, 3.05) is 14.1 Å². The number of aliphatic carboxylic acids is 1. The molecular weight excluding hydrogens is 300 g/mol. The molecule has 0 aliphatic rings. The molecule has 0 amide bonds. The van der Waals surface area contributed by atoms with Gasteiger partial charge in [0.05, 0.1) is 5.03 Å². The van der Waals surface area contributed by atoms with Crippen molar-refractivity contribution in [3.05, 3.63) is 18.3 Å². The standard InChI is InChI=1S/C12H18N2O4S2/c1-8(2)11(12(15)16)19-10-6-5-9(7-13-10)20(17,18)14(3)4/h5-8,11H,1-4H3,(H,15,16). The first-order valence-corrected chi connectivity index (χ1v) is 8.26. The van der Waals surface area contributed by atoms with Crippen molar-refractivity contribution in [3.8, 4) is 0 Å². The molecule has 0 saturated carbocycles. The van der Waals surface area contributed by atoms with E-state index in [0.717, 1.165) is 16.1 Å². The van der Waals surface area contributed by atoms with Gasteiger partial charge in [-0.15, -0.1) is 0 Å². The maximum Gasteiger partial charge on any atom is 0.317 e. The molecule has 1 unspecified atom stereocenters. The molecule has 8 heteroatoms. The number of aromatic nitrogens is 1. The van der Waals surface area contributed by atoms with Gasteiger partial charge >= 0.3 is 5.97 Å². The monoisotopic (exact) mass is 318 g/mol. The number of rotatable bonds is 6. The summed E-state index contributed by atoms with van der Waals surface area (Å²) in [6.45, 7) is 3.63. The van der Waals surface area contributed by atoms with Gasteiger partial charge in [0, 0.05) is 20.3 Å². The summed E-state index contributed by atoms with van der Waals surface area (Å²) in [7, 11) is -0.626. The highest BCUT2D eigenvalue weighted by Crippen LogP contribution is 2.27. The lowest BCUT2D eigenvalue weighted by atomic mass is 10.1. The molecular formula is C12H18N2O4S2. The highest BCUT2D eigenvalue weighted by molar-refractivity contribution is 8.00. The summed E-state index contributed by atoms with van der Waals surface area (Å²) >= 11 is 1.11. The van der Waals surface area contributed by atoms with E-state index in [2.05, 4.69) is 4.98 Å². The summed E-state index contributed by atoms with van der Waals surface area (Å²) in [5.41, 5.74) is 0. The van der Waals surface area contributed by atoms with Crippen molar-refractivity contribution in [3.63, 3.8) is 0 Å². The molecule has 0 aliphatic carbocycles. The molecule has 0 fully saturated rings. The van der Waals surface area contributed by atoms with Crippen LogP contribution in [0.3, 0.4) is 0 Å². The Hall–Kier alpha value is -1.12. The first kappa shape index (κ1) is 16.9. The fourth-order valence-corrected chi connectivity index (χ4v) is 3.14. The zero-order chi connectivity index (χ0) is 15.5. The van der Waals surface area contributed by atoms with Crippen LogP contribution in [0.5, 0.6) is 0 Å². The Balaban J connectivity index is 2.95. The number of carboxylic acids is 1. The van der Waals surface area contributed by atoms with E-state index in [1.807, 2.05) is 13.8 Å². The summed E-state index contributed by atoms with van der Waals surface area (Å²) in [4.78, 5) is 15.2. The molecule has 0 saturated heterocycles. The van der Waals surface area contributed by atoms with E-state index in [1.54, 1.807) is 0 Å². The number of carbonyl (C=O) groups is 1. The van der Waals surface area contributed by atoms with Crippen LogP contribution >= 0.6 is 11.8 Å². The van der Waals surface area contributed by atoms with Gasteiger partial charge in [0.1, 0.15) is 10.1 Å². The number of nitrogens with zero attached hydrogens (tertiary/aromatic N) is 2. The topological polar surface area (TPSA) is 87.6 Å². The van der Waals surface area contributed by atoms with E-state index in [9.17, 15) is 13.2 Å². The highest BCUT2D eigenvalue weighted by atomic mass is 32.2. The van der Waals surface area contributed by atoms with Gasteiger partial charge < -0.3 is 5.11 Å². The van der Waals surface area contributed by atoms with E-state index in [-0.39, 0.29) is 10.8 Å². The minimum absolute atomic E-state index is 0.0514. The summed E-state index contributed by atoms with van der Waals surface area (Å²) < 4.78 is 24.8. The second kappa shape index (κ2) is 6.55. The van der Waals surface area contributed by atoms with Crippen molar-refractivity contribution in [1.29, 1.82) is 0 Å². The number of thioether (sulfide) groups is 1. The zero-order valence-corrected chi connectivity index (χ0v) is 13.4. The van der Waals surface area contributed by atoms with E-state index in [0.29, 0.717) is 5.03 Å². The van der Waals surface area contributed by atoms with Crippen molar-refractivity contribution in [1.82, 2.24) is 9.29 Å². The number of carboxylic acid groups (broad SMARTS) is 1. The molecule has 1 rings (SSSR count). The number of hydrogen-bond acceptors (Lipinski definition) is 5. The summed E-state index contributed by atoms with van der Waals surface area (Å²) in [5, 5.41) is 8.99. The average molecular weight is 318 g/mol. The van der Waals surface area contributed by atoms with Crippen LogP contribution in [-0.2, 0) is 14.8 Å². The Morgan fingerprint density at radius 1 is 1.35 bits per heavy atom. The van der Waals surface area contributed by atoms with Gasteiger partial charge in [-0.05, 0) is 18.1 Å². The van der Waals surface area contributed by atoms with Crippen LogP contribution in [0.25, 0.3) is 0 Å². The lowest BCUT2D eigenvalue weighted by Crippen LogP contribution is -2.23. The summed E-state index contributed by atoms with van der Waals surface area (Å²) in [6.07, 6.45) is 1.25. The van der Waals surface area contributed by atoms with Crippen molar-refractivity contribution in [2.45, 2.75) is 29.0 Å². The number of sulfonamides is 1. The molecule has 0 aromatic carbocycles. The quantitative estimate of drug-likeness (QED) is 0.800. The Bertz CT molecular complexity index is 568. The van der Waals surface area contributed by atoms with Crippen LogP contribution in [0.2, 0.25) is 0 Å². The molecule has 20 heavy (non-hydrogen) atoms. The van der Waals surface area contributed by atoms with E-state index >= 15 is 0 Å². The van der Waals surface area contributed by atoms with Gasteiger partial charge in [-0.1, -0.05) is 25.6 Å². The summed E-state index contributed by atoms with van der Waals surface area (Å²) in [5.74, 6) is -0.957. The predicted octanol–water partition coefficient (Wildman–Crippen LogP) is 1.53. The Morgan fingerprint density at radius 3 is 2.30 bits per heavy atom. The molecule has 1 aromatic heterocycles. The third kappa shape index (κ3) is 3.94. The van der Waals surface area contributed by atoms with Crippen LogP contribution < -0.4 is 0 Å². The van der Waals surface area contributed by atoms with Crippen molar-refractivity contribution in [2.24, 2.45) is 5.92 Å². The fourth-order valence-electron chi connectivity index (χ4n) is 1.40. The lowest BCUT2D eigenvalue weighted by molar-refractivity contribution is -0.137. The van der Waals surface area contributed by atoms with Gasteiger partial charge in [0.2, 0.25) is 10.0 Å². The maximum atomic E-state index is 11.9. The zero-order valence-electron chi connectivity index (χ0n) is 11.8. The number of pyridine rings is 1. The first-order valence-electron chi connectivity index (χ1n) is 5.94. The SMILES string of the molecule is CC(C)C(Sc1ccc(S(=O)(=O)N(C)C)cn1)C(=O)O. The molecule has 0 aliphatic heterocycles. The fraction of sp³-hybridized carbons (Fsp3) is 0.500. The molecule has 6 nitrogen and oxygen atoms in total. The molecule has 0 bridgehead atoms. The van der Waals surface area contributed by atoms with Crippen LogP contribution in [0.4, 0.5) is 0 Å². The van der Waals surface area contributed by atoms with Gasteiger partial charge in [-0.3, -0.25) is 4.79 Å². The summed E-state index contributed by atoms with van der Waals surface area (Å²) in [6, 6.07) is 2.96. The smallest absolute Gasteiger partial charge is 0.317 e. The van der Waals surface area contributed by atoms with E-state index in [4.69, 9.17) is 5.11 Å².